The number of piperidine rings is 1. The van der Waals surface area contributed by atoms with Crippen molar-refractivity contribution in [3.05, 3.63) is 41.2 Å². The van der Waals surface area contributed by atoms with Gasteiger partial charge in [-0.05, 0) is 59.3 Å². The van der Waals surface area contributed by atoms with Crippen LogP contribution in [-0.2, 0) is 4.79 Å². The molecule has 3 rings (SSSR count). The van der Waals surface area contributed by atoms with E-state index in [1.54, 1.807) is 0 Å². The zero-order valence-corrected chi connectivity index (χ0v) is 17.4. The Morgan fingerprint density at radius 1 is 1.22 bits per heavy atom. The lowest BCUT2D eigenvalue weighted by atomic mass is 10.1. The Hall–Kier alpha value is -1.89. The van der Waals surface area contributed by atoms with Crippen LogP contribution in [0.4, 0.5) is 5.69 Å². The second kappa shape index (κ2) is 9.35. The van der Waals surface area contributed by atoms with Gasteiger partial charge in [-0.3, -0.25) is 9.69 Å². The average molecular weight is 392 g/mol. The number of nitrogens with zero attached hydrogens (tertiary/aromatic N) is 3. The quantitative estimate of drug-likeness (QED) is 0.822. The van der Waals surface area contributed by atoms with Gasteiger partial charge < -0.3 is 10.6 Å². The van der Waals surface area contributed by atoms with Crippen molar-refractivity contribution in [2.45, 2.75) is 39.7 Å². The van der Waals surface area contributed by atoms with E-state index in [-0.39, 0.29) is 18.3 Å². The van der Waals surface area contributed by atoms with E-state index < -0.39 is 0 Å². The molecule has 1 aliphatic rings. The third-order valence-corrected chi connectivity index (χ3v) is 5.12. The highest BCUT2D eigenvalue weighted by atomic mass is 35.5. The van der Waals surface area contributed by atoms with Gasteiger partial charge in [-0.2, -0.15) is 5.10 Å². The van der Waals surface area contributed by atoms with Crippen LogP contribution in [-0.4, -0.2) is 53.3 Å². The summed E-state index contributed by atoms with van der Waals surface area (Å²) in [6, 6.07) is 8.71. The standard InChI is InChI=1S/C20H29N5O.ClH/c1-14-7-9-18(10-8-14)25-16(3)20(15(2)23-25)22-19(26)13-24-11-5-6-17(12-24)21-4;/h7-10,17,21H,5-6,11-13H2,1-4H3,(H,22,26);1H. The lowest BCUT2D eigenvalue weighted by molar-refractivity contribution is -0.117. The fourth-order valence-electron chi connectivity index (χ4n) is 3.58. The maximum atomic E-state index is 12.6. The average Bonchev–Trinajstić information content (AvgIpc) is 2.90. The number of rotatable bonds is 5. The number of hydrogen-bond donors (Lipinski definition) is 2. The molecule has 7 heteroatoms. The van der Waals surface area contributed by atoms with Gasteiger partial charge in [0.15, 0.2) is 0 Å². The number of halogens is 1. The summed E-state index contributed by atoms with van der Waals surface area (Å²) in [5.41, 5.74) is 4.82. The van der Waals surface area contributed by atoms with Crippen molar-refractivity contribution in [3.63, 3.8) is 0 Å². The Kier molecular flexibility index (Phi) is 7.41. The number of hydrogen-bond acceptors (Lipinski definition) is 4. The highest BCUT2D eigenvalue weighted by molar-refractivity contribution is 5.93. The predicted molar refractivity (Wildman–Crippen MR) is 112 cm³/mol. The van der Waals surface area contributed by atoms with Crippen LogP contribution in [0.15, 0.2) is 24.3 Å². The second-order valence-electron chi connectivity index (χ2n) is 7.20. The molecule has 1 saturated heterocycles. The van der Waals surface area contributed by atoms with E-state index in [4.69, 9.17) is 0 Å². The number of anilines is 1. The van der Waals surface area contributed by atoms with E-state index in [1.165, 1.54) is 12.0 Å². The number of likely N-dealkylation sites (N-methyl/N-ethyl adjacent to an activating group) is 1. The minimum Gasteiger partial charge on any atom is -0.322 e. The van der Waals surface area contributed by atoms with E-state index in [1.807, 2.05) is 37.7 Å². The largest absolute Gasteiger partial charge is 0.322 e. The molecule has 0 aliphatic carbocycles. The summed E-state index contributed by atoms with van der Waals surface area (Å²) in [5, 5.41) is 11.0. The molecule has 148 valence electrons. The molecule has 1 aromatic carbocycles. The zero-order chi connectivity index (χ0) is 18.7. The Balaban J connectivity index is 0.00000261. The highest BCUT2D eigenvalue weighted by Gasteiger charge is 2.21. The van der Waals surface area contributed by atoms with Crippen LogP contribution in [0.3, 0.4) is 0 Å². The summed E-state index contributed by atoms with van der Waals surface area (Å²) in [4.78, 5) is 14.8. The number of amides is 1. The van der Waals surface area contributed by atoms with E-state index in [2.05, 4.69) is 39.7 Å². The molecular weight excluding hydrogens is 362 g/mol. The van der Waals surface area contributed by atoms with Crippen LogP contribution in [0, 0.1) is 20.8 Å². The summed E-state index contributed by atoms with van der Waals surface area (Å²) >= 11 is 0. The first-order valence-electron chi connectivity index (χ1n) is 9.30. The molecule has 1 amide bonds. The molecule has 0 spiro atoms. The van der Waals surface area contributed by atoms with Crippen LogP contribution in [0.2, 0.25) is 0 Å². The maximum absolute atomic E-state index is 12.6. The first-order chi connectivity index (χ1) is 12.5. The van der Waals surface area contributed by atoms with Gasteiger partial charge in [-0.25, -0.2) is 4.68 Å². The van der Waals surface area contributed by atoms with Gasteiger partial charge in [0, 0.05) is 12.6 Å². The van der Waals surface area contributed by atoms with Crippen molar-refractivity contribution < 1.29 is 4.79 Å². The number of nitrogens with one attached hydrogen (secondary N) is 2. The van der Waals surface area contributed by atoms with Crippen LogP contribution in [0.1, 0.15) is 29.8 Å². The van der Waals surface area contributed by atoms with Crippen molar-refractivity contribution in [3.8, 4) is 5.69 Å². The van der Waals surface area contributed by atoms with Crippen molar-refractivity contribution >= 4 is 24.0 Å². The van der Waals surface area contributed by atoms with Gasteiger partial charge >= 0.3 is 0 Å². The normalized spacial score (nSPS) is 17.4. The molecule has 1 aromatic heterocycles. The summed E-state index contributed by atoms with van der Waals surface area (Å²) < 4.78 is 1.89. The molecule has 2 N–H and O–H groups in total. The minimum absolute atomic E-state index is 0. The Bertz CT molecular complexity index is 771. The number of carbonyl (C=O) groups excluding carboxylic acids is 1. The van der Waals surface area contributed by atoms with Crippen molar-refractivity contribution in [2.24, 2.45) is 0 Å². The van der Waals surface area contributed by atoms with Gasteiger partial charge in [0.25, 0.3) is 0 Å². The van der Waals surface area contributed by atoms with Crippen LogP contribution < -0.4 is 10.6 Å². The number of aromatic nitrogens is 2. The summed E-state index contributed by atoms with van der Waals surface area (Å²) in [6.07, 6.45) is 2.30. The van der Waals surface area contributed by atoms with Crippen LogP contribution in [0.5, 0.6) is 0 Å². The molecule has 0 radical (unpaired) electrons. The van der Waals surface area contributed by atoms with Gasteiger partial charge in [0.2, 0.25) is 5.91 Å². The summed E-state index contributed by atoms with van der Waals surface area (Å²) in [5.74, 6) is 0.0245. The predicted octanol–water partition coefficient (Wildman–Crippen LogP) is 2.84. The third-order valence-electron chi connectivity index (χ3n) is 5.12. The number of carbonyl (C=O) groups is 1. The second-order valence-corrected chi connectivity index (χ2v) is 7.20. The molecule has 2 aromatic rings. The van der Waals surface area contributed by atoms with Crippen LogP contribution in [0.25, 0.3) is 5.69 Å². The monoisotopic (exact) mass is 391 g/mol. The summed E-state index contributed by atoms with van der Waals surface area (Å²) in [6.45, 7) is 8.32. The SMILES string of the molecule is CNC1CCCN(CC(=O)Nc2c(C)nn(-c3ccc(C)cc3)c2C)C1.Cl. The molecule has 1 atom stereocenters. The molecule has 1 fully saturated rings. The molecule has 0 saturated carbocycles. The highest BCUT2D eigenvalue weighted by Crippen LogP contribution is 2.23. The minimum atomic E-state index is 0. The first kappa shape index (κ1) is 21.4. The van der Waals surface area contributed by atoms with Gasteiger partial charge in [-0.1, -0.05) is 17.7 Å². The number of aryl methyl sites for hydroxylation is 2. The summed E-state index contributed by atoms with van der Waals surface area (Å²) in [7, 11) is 1.99. The van der Waals surface area contributed by atoms with Crippen molar-refractivity contribution in [1.29, 1.82) is 0 Å². The van der Waals surface area contributed by atoms with Gasteiger partial charge in [0.05, 0.1) is 29.3 Å². The van der Waals surface area contributed by atoms with E-state index in [0.717, 1.165) is 42.3 Å². The molecule has 1 unspecified atom stereocenters. The fourth-order valence-corrected chi connectivity index (χ4v) is 3.58. The molecule has 27 heavy (non-hydrogen) atoms. The number of likely N-dealkylation sites (tertiary alicyclic amines) is 1. The van der Waals surface area contributed by atoms with Gasteiger partial charge in [-0.15, -0.1) is 12.4 Å². The lowest BCUT2D eigenvalue weighted by Crippen LogP contribution is -2.46. The lowest BCUT2D eigenvalue weighted by Gasteiger charge is -2.31. The molecule has 6 nitrogen and oxygen atoms in total. The van der Waals surface area contributed by atoms with E-state index in [0.29, 0.717) is 12.6 Å². The Labute approximate surface area is 167 Å². The number of benzene rings is 1. The van der Waals surface area contributed by atoms with E-state index in [9.17, 15) is 4.79 Å². The topological polar surface area (TPSA) is 62.2 Å². The molecule has 0 bridgehead atoms. The Morgan fingerprint density at radius 3 is 2.59 bits per heavy atom. The first-order valence-corrected chi connectivity index (χ1v) is 9.30. The Morgan fingerprint density at radius 2 is 1.93 bits per heavy atom. The van der Waals surface area contributed by atoms with E-state index >= 15 is 0 Å². The van der Waals surface area contributed by atoms with Crippen LogP contribution >= 0.6 is 12.4 Å². The molecule has 2 heterocycles. The smallest absolute Gasteiger partial charge is 0.238 e. The molecular formula is C20H30ClN5O. The molecule has 1 aliphatic heterocycles. The zero-order valence-electron chi connectivity index (χ0n) is 16.6. The van der Waals surface area contributed by atoms with Gasteiger partial charge in [0.1, 0.15) is 0 Å². The maximum Gasteiger partial charge on any atom is 0.238 e. The third kappa shape index (κ3) is 5.09. The van der Waals surface area contributed by atoms with Crippen molar-refractivity contribution in [2.75, 3.05) is 32.0 Å². The fraction of sp³-hybridized carbons (Fsp3) is 0.500. The van der Waals surface area contributed by atoms with Crippen molar-refractivity contribution in [1.82, 2.24) is 20.0 Å².